The van der Waals surface area contributed by atoms with E-state index in [0.29, 0.717) is 31.1 Å². The van der Waals surface area contributed by atoms with Crippen LogP contribution in [0.3, 0.4) is 0 Å². The van der Waals surface area contributed by atoms with Gasteiger partial charge in [0.05, 0.1) is 11.5 Å². The average molecular weight is 433 g/mol. The topological polar surface area (TPSA) is 84.9 Å². The molecule has 1 aliphatic rings. The molecule has 30 heavy (non-hydrogen) atoms. The number of carbonyl (C=O) groups excluding carboxylic acids is 1. The summed E-state index contributed by atoms with van der Waals surface area (Å²) < 4.78 is 38.0. The molecule has 1 fully saturated rings. The van der Waals surface area contributed by atoms with E-state index < -0.39 is 10.0 Å². The predicted molar refractivity (Wildman–Crippen MR) is 115 cm³/mol. The molecule has 8 heteroatoms. The van der Waals surface area contributed by atoms with Crippen molar-refractivity contribution in [1.29, 1.82) is 0 Å². The van der Waals surface area contributed by atoms with Gasteiger partial charge in [-0.05, 0) is 68.3 Å². The Morgan fingerprint density at radius 2 is 1.47 bits per heavy atom. The number of nitrogens with zero attached hydrogens (tertiary/aromatic N) is 1. The lowest BCUT2D eigenvalue weighted by Gasteiger charge is -2.20. The van der Waals surface area contributed by atoms with Gasteiger partial charge in [0.15, 0.2) is 6.61 Å². The molecule has 0 bridgehead atoms. The van der Waals surface area contributed by atoms with Crippen LogP contribution in [-0.2, 0) is 14.8 Å². The summed E-state index contributed by atoms with van der Waals surface area (Å²) in [6, 6.07) is 13.3. The molecule has 7 nitrogen and oxygen atoms in total. The van der Waals surface area contributed by atoms with Crippen LogP contribution in [0.25, 0.3) is 0 Å². The minimum Gasteiger partial charge on any atom is -0.494 e. The number of benzene rings is 2. The maximum absolute atomic E-state index is 12.8. The zero-order valence-electron chi connectivity index (χ0n) is 17.2. The van der Waals surface area contributed by atoms with Gasteiger partial charge in [-0.2, -0.15) is 4.31 Å². The number of hydrogen-bond donors (Lipinski definition) is 1. The Morgan fingerprint density at radius 3 is 2.07 bits per heavy atom. The third kappa shape index (κ3) is 5.96. The number of carbonyl (C=O) groups is 1. The first-order chi connectivity index (χ1) is 14.5. The molecule has 162 valence electrons. The van der Waals surface area contributed by atoms with E-state index in [0.717, 1.165) is 31.4 Å². The molecule has 0 saturated carbocycles. The van der Waals surface area contributed by atoms with Crippen LogP contribution in [0.15, 0.2) is 53.4 Å². The number of hydrogen-bond acceptors (Lipinski definition) is 5. The fourth-order valence-corrected chi connectivity index (χ4v) is 4.80. The largest absolute Gasteiger partial charge is 0.494 e. The molecular formula is C22H28N2O5S. The Morgan fingerprint density at radius 1 is 0.900 bits per heavy atom. The highest BCUT2D eigenvalue weighted by atomic mass is 32.2. The van der Waals surface area contributed by atoms with Gasteiger partial charge in [-0.15, -0.1) is 0 Å². The van der Waals surface area contributed by atoms with Gasteiger partial charge in [-0.25, -0.2) is 8.42 Å². The van der Waals surface area contributed by atoms with Gasteiger partial charge in [-0.3, -0.25) is 4.79 Å². The molecule has 1 saturated heterocycles. The summed E-state index contributed by atoms with van der Waals surface area (Å²) in [5.41, 5.74) is 0.644. The Bertz CT molecular complexity index is 919. The number of ether oxygens (including phenoxy) is 2. The zero-order valence-corrected chi connectivity index (χ0v) is 18.0. The highest BCUT2D eigenvalue weighted by Gasteiger charge is 2.25. The van der Waals surface area contributed by atoms with Crippen LogP contribution in [0.2, 0.25) is 0 Å². The lowest BCUT2D eigenvalue weighted by atomic mass is 10.2. The van der Waals surface area contributed by atoms with Crippen LogP contribution >= 0.6 is 0 Å². The van der Waals surface area contributed by atoms with Crippen molar-refractivity contribution < 1.29 is 22.7 Å². The van der Waals surface area contributed by atoms with E-state index in [1.54, 1.807) is 40.7 Å². The lowest BCUT2D eigenvalue weighted by Crippen LogP contribution is -2.31. The van der Waals surface area contributed by atoms with Crippen LogP contribution in [-0.4, -0.2) is 44.9 Å². The zero-order chi connectivity index (χ0) is 21.4. The SMILES string of the molecule is CCOc1ccc(NC(=O)COc2ccc(S(=O)(=O)N3CCCCCC3)cc2)cc1. The van der Waals surface area contributed by atoms with E-state index >= 15 is 0 Å². The second-order valence-electron chi connectivity index (χ2n) is 7.08. The summed E-state index contributed by atoms with van der Waals surface area (Å²) in [5.74, 6) is 0.869. The minimum absolute atomic E-state index is 0.175. The van der Waals surface area contributed by atoms with Gasteiger partial charge < -0.3 is 14.8 Å². The van der Waals surface area contributed by atoms with Gasteiger partial charge in [0, 0.05) is 18.8 Å². The molecule has 0 aromatic heterocycles. The van der Waals surface area contributed by atoms with Gasteiger partial charge in [0.2, 0.25) is 10.0 Å². The van der Waals surface area contributed by atoms with Crippen LogP contribution < -0.4 is 14.8 Å². The first-order valence-corrected chi connectivity index (χ1v) is 11.7. The first kappa shape index (κ1) is 22.1. The summed E-state index contributed by atoms with van der Waals surface area (Å²) in [4.78, 5) is 12.3. The van der Waals surface area contributed by atoms with Crippen molar-refractivity contribution in [2.45, 2.75) is 37.5 Å². The molecule has 2 aromatic rings. The standard InChI is InChI=1S/C22H28N2O5S/c1-2-28-19-9-7-18(8-10-19)23-22(25)17-29-20-11-13-21(14-12-20)30(26,27)24-15-5-3-4-6-16-24/h7-14H,2-6,15-17H2,1H3,(H,23,25). The molecule has 0 atom stereocenters. The molecule has 0 spiro atoms. The second kappa shape index (κ2) is 10.4. The van der Waals surface area contributed by atoms with E-state index in [9.17, 15) is 13.2 Å². The van der Waals surface area contributed by atoms with Crippen molar-refractivity contribution in [2.75, 3.05) is 31.6 Å². The Hall–Kier alpha value is -2.58. The van der Waals surface area contributed by atoms with Crippen LogP contribution in [0, 0.1) is 0 Å². The number of nitrogens with one attached hydrogen (secondary N) is 1. The fourth-order valence-electron chi connectivity index (χ4n) is 3.29. The average Bonchev–Trinajstić information content (AvgIpc) is 3.04. The smallest absolute Gasteiger partial charge is 0.262 e. The van der Waals surface area contributed by atoms with Gasteiger partial charge in [0.1, 0.15) is 11.5 Å². The number of sulfonamides is 1. The number of rotatable bonds is 8. The van der Waals surface area contributed by atoms with Crippen LogP contribution in [0.4, 0.5) is 5.69 Å². The summed E-state index contributed by atoms with van der Waals surface area (Å²) in [6.07, 6.45) is 3.92. The summed E-state index contributed by atoms with van der Waals surface area (Å²) in [6.45, 7) is 3.44. The van der Waals surface area contributed by atoms with Gasteiger partial charge in [0.25, 0.3) is 5.91 Å². The normalized spacial score (nSPS) is 15.2. The van der Waals surface area contributed by atoms with Crippen molar-refractivity contribution in [3.8, 4) is 11.5 Å². The summed E-state index contributed by atoms with van der Waals surface area (Å²) >= 11 is 0. The maximum atomic E-state index is 12.8. The monoisotopic (exact) mass is 432 g/mol. The van der Waals surface area contributed by atoms with E-state index in [-0.39, 0.29) is 17.4 Å². The Kier molecular flexibility index (Phi) is 7.70. The molecular weight excluding hydrogens is 404 g/mol. The molecule has 1 N–H and O–H groups in total. The van der Waals surface area contributed by atoms with Crippen LogP contribution in [0.1, 0.15) is 32.6 Å². The highest BCUT2D eigenvalue weighted by Crippen LogP contribution is 2.22. The quantitative estimate of drug-likeness (QED) is 0.688. The molecule has 0 radical (unpaired) electrons. The van der Waals surface area contributed by atoms with Gasteiger partial charge in [-0.1, -0.05) is 12.8 Å². The van der Waals surface area contributed by atoms with Crippen molar-refractivity contribution in [2.24, 2.45) is 0 Å². The molecule has 2 aromatic carbocycles. The fraction of sp³-hybridized carbons (Fsp3) is 0.409. The third-order valence-corrected chi connectivity index (χ3v) is 6.76. The van der Waals surface area contributed by atoms with Crippen molar-refractivity contribution in [3.05, 3.63) is 48.5 Å². The molecule has 3 rings (SSSR count). The van der Waals surface area contributed by atoms with E-state index in [1.807, 2.05) is 6.92 Å². The molecule has 1 aliphatic heterocycles. The lowest BCUT2D eigenvalue weighted by molar-refractivity contribution is -0.118. The van der Waals surface area contributed by atoms with Crippen molar-refractivity contribution >= 4 is 21.6 Å². The van der Waals surface area contributed by atoms with Crippen LogP contribution in [0.5, 0.6) is 11.5 Å². The number of anilines is 1. The van der Waals surface area contributed by atoms with E-state index in [4.69, 9.17) is 9.47 Å². The van der Waals surface area contributed by atoms with Crippen molar-refractivity contribution in [1.82, 2.24) is 4.31 Å². The summed E-state index contributed by atoms with van der Waals surface area (Å²) in [5, 5.41) is 2.74. The predicted octanol–water partition coefficient (Wildman–Crippen LogP) is 3.67. The molecule has 1 amide bonds. The maximum Gasteiger partial charge on any atom is 0.262 e. The van der Waals surface area contributed by atoms with E-state index in [2.05, 4.69) is 5.32 Å². The summed E-state index contributed by atoms with van der Waals surface area (Å²) in [7, 11) is -3.49. The molecule has 0 aliphatic carbocycles. The number of amides is 1. The van der Waals surface area contributed by atoms with Crippen molar-refractivity contribution in [3.63, 3.8) is 0 Å². The highest BCUT2D eigenvalue weighted by molar-refractivity contribution is 7.89. The molecule has 0 unspecified atom stereocenters. The Labute approximate surface area is 178 Å². The first-order valence-electron chi connectivity index (χ1n) is 10.2. The molecule has 1 heterocycles. The second-order valence-corrected chi connectivity index (χ2v) is 9.02. The van der Waals surface area contributed by atoms with Gasteiger partial charge >= 0.3 is 0 Å². The Balaban J connectivity index is 1.53. The third-order valence-electron chi connectivity index (χ3n) is 4.85. The van der Waals surface area contributed by atoms with E-state index in [1.165, 1.54) is 12.1 Å². The minimum atomic E-state index is -3.49.